The van der Waals surface area contributed by atoms with Gasteiger partial charge in [-0.2, -0.15) is 0 Å². The van der Waals surface area contributed by atoms with Crippen LogP contribution in [0.2, 0.25) is 0 Å². The highest BCUT2D eigenvalue weighted by molar-refractivity contribution is 5.35. The standard InChI is InChI=1S/C14H22N2/c1-10-4-5-11(2)12(8-10)13(15)14(6-7-14)9-16-3/h4-5,8,13,16H,6-7,9,15H2,1-3H3. The predicted octanol–water partition coefficient (Wildman–Crippen LogP) is 2.30. The average molecular weight is 218 g/mol. The van der Waals surface area contributed by atoms with Crippen LogP contribution in [0.4, 0.5) is 0 Å². The first-order valence-electron chi connectivity index (χ1n) is 6.06. The molecule has 1 aliphatic rings. The molecule has 0 aliphatic heterocycles. The minimum Gasteiger partial charge on any atom is -0.323 e. The van der Waals surface area contributed by atoms with E-state index in [2.05, 4.69) is 37.4 Å². The fraction of sp³-hybridized carbons (Fsp3) is 0.571. The molecule has 1 atom stereocenters. The zero-order valence-electron chi connectivity index (χ0n) is 10.5. The van der Waals surface area contributed by atoms with Crippen LogP contribution < -0.4 is 11.1 Å². The van der Waals surface area contributed by atoms with E-state index in [-0.39, 0.29) is 6.04 Å². The van der Waals surface area contributed by atoms with Gasteiger partial charge in [-0.1, -0.05) is 23.8 Å². The SMILES string of the molecule is CNCC1(C(N)c2cc(C)ccc2C)CC1. The van der Waals surface area contributed by atoms with Gasteiger partial charge in [0.1, 0.15) is 0 Å². The number of nitrogens with one attached hydrogen (secondary N) is 1. The van der Waals surface area contributed by atoms with Crippen molar-refractivity contribution in [1.29, 1.82) is 0 Å². The summed E-state index contributed by atoms with van der Waals surface area (Å²) in [4.78, 5) is 0. The summed E-state index contributed by atoms with van der Waals surface area (Å²) < 4.78 is 0. The second-order valence-corrected chi connectivity index (χ2v) is 5.23. The molecule has 1 fully saturated rings. The molecule has 0 amide bonds. The summed E-state index contributed by atoms with van der Waals surface area (Å²) in [5.41, 5.74) is 10.7. The van der Waals surface area contributed by atoms with Gasteiger partial charge in [-0.3, -0.25) is 0 Å². The Balaban J connectivity index is 2.26. The van der Waals surface area contributed by atoms with Crippen molar-refractivity contribution in [2.45, 2.75) is 32.7 Å². The van der Waals surface area contributed by atoms with Crippen molar-refractivity contribution < 1.29 is 0 Å². The number of hydrogen-bond donors (Lipinski definition) is 2. The number of rotatable bonds is 4. The second kappa shape index (κ2) is 4.19. The fourth-order valence-electron chi connectivity index (χ4n) is 2.54. The lowest BCUT2D eigenvalue weighted by atomic mass is 9.87. The van der Waals surface area contributed by atoms with Crippen LogP contribution in [0.1, 0.15) is 35.6 Å². The fourth-order valence-corrected chi connectivity index (χ4v) is 2.54. The molecule has 1 saturated carbocycles. The molecule has 1 unspecified atom stereocenters. The van der Waals surface area contributed by atoms with Gasteiger partial charge in [0.15, 0.2) is 0 Å². The van der Waals surface area contributed by atoms with Crippen LogP contribution in [-0.4, -0.2) is 13.6 Å². The van der Waals surface area contributed by atoms with Crippen molar-refractivity contribution in [1.82, 2.24) is 5.32 Å². The maximum atomic E-state index is 6.45. The summed E-state index contributed by atoms with van der Waals surface area (Å²) in [6, 6.07) is 6.76. The summed E-state index contributed by atoms with van der Waals surface area (Å²) >= 11 is 0. The van der Waals surface area contributed by atoms with Crippen molar-refractivity contribution in [3.8, 4) is 0 Å². The maximum absolute atomic E-state index is 6.45. The molecule has 0 saturated heterocycles. The van der Waals surface area contributed by atoms with E-state index in [0.29, 0.717) is 5.41 Å². The molecule has 1 aromatic rings. The third-order valence-electron chi connectivity index (χ3n) is 3.85. The Morgan fingerprint density at radius 2 is 2.06 bits per heavy atom. The summed E-state index contributed by atoms with van der Waals surface area (Å²) in [5.74, 6) is 0. The van der Waals surface area contributed by atoms with Gasteiger partial charge < -0.3 is 11.1 Å². The first-order chi connectivity index (χ1) is 7.59. The van der Waals surface area contributed by atoms with Crippen molar-refractivity contribution in [3.05, 3.63) is 34.9 Å². The summed E-state index contributed by atoms with van der Waals surface area (Å²) in [6.07, 6.45) is 2.50. The molecule has 3 N–H and O–H groups in total. The topological polar surface area (TPSA) is 38.0 Å². The van der Waals surface area contributed by atoms with Crippen molar-refractivity contribution in [2.24, 2.45) is 11.1 Å². The van der Waals surface area contributed by atoms with Crippen molar-refractivity contribution >= 4 is 0 Å². The van der Waals surface area contributed by atoms with Gasteiger partial charge in [-0.15, -0.1) is 0 Å². The monoisotopic (exact) mass is 218 g/mol. The van der Waals surface area contributed by atoms with Gasteiger partial charge in [0.05, 0.1) is 0 Å². The second-order valence-electron chi connectivity index (χ2n) is 5.23. The number of nitrogens with two attached hydrogens (primary N) is 1. The highest BCUT2D eigenvalue weighted by Gasteiger charge is 2.47. The van der Waals surface area contributed by atoms with E-state index in [9.17, 15) is 0 Å². The van der Waals surface area contributed by atoms with Gasteiger partial charge in [0.25, 0.3) is 0 Å². The largest absolute Gasteiger partial charge is 0.323 e. The molecular formula is C14H22N2. The lowest BCUT2D eigenvalue weighted by Crippen LogP contribution is -2.31. The zero-order valence-corrected chi connectivity index (χ0v) is 10.5. The van der Waals surface area contributed by atoms with Crippen LogP contribution in [0.25, 0.3) is 0 Å². The Morgan fingerprint density at radius 3 is 2.62 bits per heavy atom. The molecule has 0 heterocycles. The Kier molecular flexibility index (Phi) is 3.04. The summed E-state index contributed by atoms with van der Waals surface area (Å²) in [5, 5.41) is 3.28. The van der Waals surface area contributed by atoms with Crippen LogP contribution >= 0.6 is 0 Å². The Labute approximate surface area is 98.2 Å². The highest BCUT2D eigenvalue weighted by Crippen LogP contribution is 2.53. The van der Waals surface area contributed by atoms with E-state index in [0.717, 1.165) is 6.54 Å². The molecule has 0 bridgehead atoms. The molecule has 88 valence electrons. The van der Waals surface area contributed by atoms with Crippen LogP contribution in [-0.2, 0) is 0 Å². The zero-order chi connectivity index (χ0) is 11.8. The summed E-state index contributed by atoms with van der Waals surface area (Å²) in [6.45, 7) is 5.32. The number of hydrogen-bond acceptors (Lipinski definition) is 2. The predicted molar refractivity (Wildman–Crippen MR) is 68.4 cm³/mol. The smallest absolute Gasteiger partial charge is 0.0367 e. The van der Waals surface area contributed by atoms with E-state index < -0.39 is 0 Å². The van der Waals surface area contributed by atoms with Gasteiger partial charge in [0, 0.05) is 18.0 Å². The number of benzene rings is 1. The Morgan fingerprint density at radius 1 is 1.38 bits per heavy atom. The van der Waals surface area contributed by atoms with Gasteiger partial charge in [-0.05, 0) is 44.9 Å². The van der Waals surface area contributed by atoms with Crippen LogP contribution in [0.3, 0.4) is 0 Å². The molecule has 0 radical (unpaired) electrons. The molecule has 1 aliphatic carbocycles. The molecule has 0 spiro atoms. The minimum absolute atomic E-state index is 0.180. The first-order valence-corrected chi connectivity index (χ1v) is 6.06. The van der Waals surface area contributed by atoms with E-state index in [4.69, 9.17) is 5.73 Å². The van der Waals surface area contributed by atoms with E-state index in [1.807, 2.05) is 7.05 Å². The van der Waals surface area contributed by atoms with Crippen LogP contribution in [0, 0.1) is 19.3 Å². The molecular weight excluding hydrogens is 196 g/mol. The molecule has 2 rings (SSSR count). The van der Waals surface area contributed by atoms with Gasteiger partial charge >= 0.3 is 0 Å². The third-order valence-corrected chi connectivity index (χ3v) is 3.85. The quantitative estimate of drug-likeness (QED) is 0.814. The Hall–Kier alpha value is -0.860. The van der Waals surface area contributed by atoms with Gasteiger partial charge in [0.2, 0.25) is 0 Å². The Bertz CT molecular complexity index is 380. The van der Waals surface area contributed by atoms with Crippen molar-refractivity contribution in [3.63, 3.8) is 0 Å². The molecule has 0 aromatic heterocycles. The lowest BCUT2D eigenvalue weighted by Gasteiger charge is -2.25. The molecule has 2 heteroatoms. The average Bonchev–Trinajstić information content (AvgIpc) is 3.02. The van der Waals surface area contributed by atoms with Crippen LogP contribution in [0.15, 0.2) is 18.2 Å². The maximum Gasteiger partial charge on any atom is 0.0367 e. The molecule has 2 nitrogen and oxygen atoms in total. The first kappa shape index (κ1) is 11.6. The van der Waals surface area contributed by atoms with E-state index in [1.165, 1.54) is 29.5 Å². The lowest BCUT2D eigenvalue weighted by molar-refractivity contribution is 0.391. The molecule has 16 heavy (non-hydrogen) atoms. The van der Waals surface area contributed by atoms with E-state index in [1.54, 1.807) is 0 Å². The normalized spacial score (nSPS) is 19.5. The van der Waals surface area contributed by atoms with Gasteiger partial charge in [-0.25, -0.2) is 0 Å². The summed E-state index contributed by atoms with van der Waals surface area (Å²) in [7, 11) is 2.01. The highest BCUT2D eigenvalue weighted by atomic mass is 14.9. The van der Waals surface area contributed by atoms with Crippen LogP contribution in [0.5, 0.6) is 0 Å². The van der Waals surface area contributed by atoms with E-state index >= 15 is 0 Å². The molecule has 1 aromatic carbocycles. The third kappa shape index (κ3) is 2.00. The van der Waals surface area contributed by atoms with Crippen molar-refractivity contribution in [2.75, 3.05) is 13.6 Å². The number of aryl methyl sites for hydroxylation is 2. The minimum atomic E-state index is 0.180.